The van der Waals surface area contributed by atoms with Crippen LogP contribution in [0.15, 0.2) is 24.4 Å². The van der Waals surface area contributed by atoms with E-state index in [1.807, 2.05) is 0 Å². The number of aromatic nitrogens is 1. The first-order valence-corrected chi connectivity index (χ1v) is 7.77. The van der Waals surface area contributed by atoms with Crippen molar-refractivity contribution in [3.8, 4) is 0 Å². The Morgan fingerprint density at radius 3 is 2.70 bits per heavy atom. The summed E-state index contributed by atoms with van der Waals surface area (Å²) < 4.78 is 11.6. The monoisotopic (exact) mass is 319 g/mol. The molecule has 23 heavy (non-hydrogen) atoms. The van der Waals surface area contributed by atoms with Gasteiger partial charge >= 0.3 is 0 Å². The summed E-state index contributed by atoms with van der Waals surface area (Å²) in [6, 6.07) is 5.28. The van der Waals surface area contributed by atoms with Crippen LogP contribution in [0.4, 0.5) is 0 Å². The fourth-order valence-corrected chi connectivity index (χ4v) is 3.03. The fourth-order valence-electron chi connectivity index (χ4n) is 3.03. The van der Waals surface area contributed by atoms with Gasteiger partial charge in [0.2, 0.25) is 5.91 Å². The number of hydrogen-bond acceptors (Lipinski definition) is 5. The highest BCUT2D eigenvalue weighted by Gasteiger charge is 2.42. The van der Waals surface area contributed by atoms with Crippen LogP contribution < -0.4 is 0 Å². The van der Waals surface area contributed by atoms with E-state index in [1.165, 1.54) is 0 Å². The first-order chi connectivity index (χ1) is 11.1. The molecule has 0 radical (unpaired) electrons. The first-order valence-electron chi connectivity index (χ1n) is 7.77. The van der Waals surface area contributed by atoms with Gasteiger partial charge in [-0.2, -0.15) is 0 Å². The summed E-state index contributed by atoms with van der Waals surface area (Å²) in [6.45, 7) is 4.72. The number of ether oxygens (including phenoxy) is 2. The summed E-state index contributed by atoms with van der Waals surface area (Å²) in [4.78, 5) is 31.9. The zero-order valence-corrected chi connectivity index (χ0v) is 13.2. The average Bonchev–Trinajstić information content (AvgIpc) is 2.78. The van der Waals surface area contributed by atoms with Gasteiger partial charge in [0.15, 0.2) is 0 Å². The molecular formula is C16H21N3O4. The molecule has 0 unspecified atom stereocenters. The number of carbonyl (C=O) groups is 2. The van der Waals surface area contributed by atoms with Crippen molar-refractivity contribution >= 4 is 11.8 Å². The Kier molecular flexibility index (Phi) is 4.58. The molecule has 7 nitrogen and oxygen atoms in total. The lowest BCUT2D eigenvalue weighted by atomic mass is 10.0. The smallest absolute Gasteiger partial charge is 0.272 e. The number of morpholine rings is 1. The van der Waals surface area contributed by atoms with E-state index in [0.29, 0.717) is 51.7 Å². The van der Waals surface area contributed by atoms with Crippen LogP contribution in [0.1, 0.15) is 17.4 Å². The maximum absolute atomic E-state index is 12.6. The third-order valence-corrected chi connectivity index (χ3v) is 4.21. The topological polar surface area (TPSA) is 72.0 Å². The van der Waals surface area contributed by atoms with Crippen molar-refractivity contribution in [2.45, 2.75) is 12.5 Å². The predicted molar refractivity (Wildman–Crippen MR) is 81.9 cm³/mol. The van der Waals surface area contributed by atoms with E-state index in [0.717, 1.165) is 0 Å². The van der Waals surface area contributed by atoms with Crippen LogP contribution in [0.25, 0.3) is 0 Å². The molecule has 1 spiro atoms. The molecule has 0 bridgehead atoms. The largest absolute Gasteiger partial charge is 0.376 e. The Balaban J connectivity index is 1.76. The van der Waals surface area contributed by atoms with Gasteiger partial charge in [0.05, 0.1) is 32.9 Å². The molecule has 0 aliphatic carbocycles. The molecule has 3 heterocycles. The highest BCUT2D eigenvalue weighted by Crippen LogP contribution is 2.23. The lowest BCUT2D eigenvalue weighted by molar-refractivity contribution is -0.145. The van der Waals surface area contributed by atoms with Crippen LogP contribution in [0.2, 0.25) is 0 Å². The quantitative estimate of drug-likeness (QED) is 0.738. The van der Waals surface area contributed by atoms with Crippen LogP contribution >= 0.6 is 0 Å². The van der Waals surface area contributed by atoms with E-state index in [4.69, 9.17) is 9.47 Å². The van der Waals surface area contributed by atoms with E-state index in [1.54, 1.807) is 41.1 Å². The third-order valence-electron chi connectivity index (χ3n) is 4.21. The summed E-state index contributed by atoms with van der Waals surface area (Å²) in [6.07, 6.45) is 1.61. The summed E-state index contributed by atoms with van der Waals surface area (Å²) in [5.74, 6) is -0.126. The molecule has 1 aromatic rings. The van der Waals surface area contributed by atoms with Gasteiger partial charge in [-0.25, -0.2) is 0 Å². The lowest BCUT2D eigenvalue weighted by Crippen LogP contribution is -2.60. The van der Waals surface area contributed by atoms with Crippen LogP contribution in [-0.2, 0) is 14.3 Å². The van der Waals surface area contributed by atoms with Crippen LogP contribution in [0.3, 0.4) is 0 Å². The molecule has 0 aromatic carbocycles. The summed E-state index contributed by atoms with van der Waals surface area (Å²) in [5, 5.41) is 0. The van der Waals surface area contributed by atoms with Crippen molar-refractivity contribution in [2.75, 3.05) is 46.0 Å². The minimum Gasteiger partial charge on any atom is -0.376 e. The Labute approximate surface area is 135 Å². The maximum atomic E-state index is 12.6. The van der Waals surface area contributed by atoms with Crippen molar-refractivity contribution in [2.24, 2.45) is 0 Å². The molecule has 2 fully saturated rings. The second-order valence-electron chi connectivity index (χ2n) is 5.97. The van der Waals surface area contributed by atoms with E-state index >= 15 is 0 Å². The van der Waals surface area contributed by atoms with Crippen LogP contribution in [0.5, 0.6) is 0 Å². The zero-order chi connectivity index (χ0) is 16.3. The number of rotatable bonds is 1. The van der Waals surface area contributed by atoms with Gasteiger partial charge < -0.3 is 19.3 Å². The normalized spacial score (nSPS) is 25.3. The molecule has 2 aliphatic rings. The third kappa shape index (κ3) is 3.51. The van der Waals surface area contributed by atoms with Crippen molar-refractivity contribution < 1.29 is 19.1 Å². The highest BCUT2D eigenvalue weighted by molar-refractivity contribution is 5.92. The summed E-state index contributed by atoms with van der Waals surface area (Å²) in [5.41, 5.74) is -0.243. The minimum atomic E-state index is -0.662. The number of pyridine rings is 1. The first kappa shape index (κ1) is 15.9. The molecule has 124 valence electrons. The van der Waals surface area contributed by atoms with Crippen molar-refractivity contribution in [1.29, 1.82) is 0 Å². The number of hydrogen-bond donors (Lipinski definition) is 0. The van der Waals surface area contributed by atoms with Gasteiger partial charge in [-0.1, -0.05) is 6.07 Å². The standard InChI is InChI=1S/C16H21N3O4/c1-13(20)18-6-8-22-12-16(10-18)11-19(7-9-23-16)15(21)14-4-2-3-5-17-14/h2-5H,6-12H2,1H3/t16-/m1/s1. The van der Waals surface area contributed by atoms with Gasteiger partial charge in [-0.3, -0.25) is 14.6 Å². The van der Waals surface area contributed by atoms with Crippen molar-refractivity contribution in [3.63, 3.8) is 0 Å². The maximum Gasteiger partial charge on any atom is 0.272 e. The Morgan fingerprint density at radius 2 is 1.96 bits per heavy atom. The Morgan fingerprint density at radius 1 is 1.17 bits per heavy atom. The van der Waals surface area contributed by atoms with Gasteiger partial charge in [-0.15, -0.1) is 0 Å². The predicted octanol–water partition coefficient (Wildman–Crippen LogP) is 0.172. The molecule has 2 saturated heterocycles. The minimum absolute atomic E-state index is 0.00773. The molecule has 0 N–H and O–H groups in total. The summed E-state index contributed by atoms with van der Waals surface area (Å²) >= 11 is 0. The van der Waals surface area contributed by atoms with Gasteiger partial charge in [0, 0.05) is 26.2 Å². The molecule has 0 saturated carbocycles. The average molecular weight is 319 g/mol. The second kappa shape index (κ2) is 6.64. The van der Waals surface area contributed by atoms with E-state index in [-0.39, 0.29) is 11.8 Å². The molecule has 2 amide bonds. The fraction of sp³-hybridized carbons (Fsp3) is 0.562. The van der Waals surface area contributed by atoms with Crippen molar-refractivity contribution in [3.05, 3.63) is 30.1 Å². The highest BCUT2D eigenvalue weighted by atomic mass is 16.5. The van der Waals surface area contributed by atoms with Crippen LogP contribution in [0, 0.1) is 0 Å². The Hall–Kier alpha value is -1.99. The molecule has 2 aliphatic heterocycles. The van der Waals surface area contributed by atoms with Crippen molar-refractivity contribution in [1.82, 2.24) is 14.8 Å². The van der Waals surface area contributed by atoms with Gasteiger partial charge in [0.1, 0.15) is 11.3 Å². The van der Waals surface area contributed by atoms with E-state index < -0.39 is 5.60 Å². The molecular weight excluding hydrogens is 298 g/mol. The molecule has 7 heteroatoms. The SMILES string of the molecule is CC(=O)N1CCOC[C@@]2(C1)CN(C(=O)c1ccccn1)CCO2. The molecule has 3 rings (SSSR count). The van der Waals surface area contributed by atoms with E-state index in [9.17, 15) is 9.59 Å². The van der Waals surface area contributed by atoms with Gasteiger partial charge in [-0.05, 0) is 12.1 Å². The van der Waals surface area contributed by atoms with E-state index in [2.05, 4.69) is 4.98 Å². The molecule has 1 aromatic heterocycles. The number of nitrogens with zero attached hydrogens (tertiary/aromatic N) is 3. The summed E-state index contributed by atoms with van der Waals surface area (Å²) in [7, 11) is 0. The van der Waals surface area contributed by atoms with Crippen LogP contribution in [-0.4, -0.2) is 78.2 Å². The number of carbonyl (C=O) groups excluding carboxylic acids is 2. The molecule has 1 atom stereocenters. The van der Waals surface area contributed by atoms with Gasteiger partial charge in [0.25, 0.3) is 5.91 Å². The second-order valence-corrected chi connectivity index (χ2v) is 5.97. The number of amides is 2. The lowest BCUT2D eigenvalue weighted by Gasteiger charge is -2.43. The Bertz CT molecular complexity index is 580. The zero-order valence-electron chi connectivity index (χ0n) is 13.2.